The summed E-state index contributed by atoms with van der Waals surface area (Å²) in [4.78, 5) is 60.4. The number of carbonyl (C=O) groups excluding carboxylic acids is 4. The minimum Gasteiger partial charge on any atom is -0.444 e. The predicted octanol–water partition coefficient (Wildman–Crippen LogP) is 2.01. The van der Waals surface area contributed by atoms with Crippen LogP contribution in [0.25, 0.3) is 0 Å². The molecule has 3 heterocycles. The van der Waals surface area contributed by atoms with E-state index < -0.39 is 23.8 Å². The van der Waals surface area contributed by atoms with Gasteiger partial charge in [-0.1, -0.05) is 19.1 Å². The van der Waals surface area contributed by atoms with Crippen LogP contribution < -0.4 is 5.32 Å². The number of ketones is 1. The van der Waals surface area contributed by atoms with E-state index in [1.54, 1.807) is 44.0 Å². The van der Waals surface area contributed by atoms with Crippen LogP contribution in [-0.4, -0.2) is 52.2 Å². The van der Waals surface area contributed by atoms with Crippen molar-refractivity contribution in [3.05, 3.63) is 60.2 Å². The molecule has 2 aliphatic rings. The van der Waals surface area contributed by atoms with Crippen LogP contribution in [-0.2, 0) is 23.9 Å². The number of carbonyl (C=O) groups is 4. The number of aromatic nitrogens is 2. The summed E-state index contributed by atoms with van der Waals surface area (Å²) in [5, 5.41) is 2.66. The zero-order chi connectivity index (χ0) is 24.2. The van der Waals surface area contributed by atoms with Gasteiger partial charge in [0.25, 0.3) is 0 Å². The molecule has 1 saturated carbocycles. The topological polar surface area (TPSA) is 119 Å². The lowest BCUT2D eigenvalue weighted by atomic mass is 9.82. The highest BCUT2D eigenvalue weighted by molar-refractivity contribution is 5.93. The lowest BCUT2D eigenvalue weighted by Gasteiger charge is -2.24. The molecule has 1 aliphatic carbocycles. The fourth-order valence-corrected chi connectivity index (χ4v) is 5.26. The molecule has 0 radical (unpaired) electrons. The van der Waals surface area contributed by atoms with Crippen molar-refractivity contribution in [2.75, 3.05) is 13.8 Å². The molecule has 178 valence electrons. The lowest BCUT2D eigenvalue weighted by molar-refractivity contribution is -0.151. The Morgan fingerprint density at radius 1 is 1.06 bits per heavy atom. The van der Waals surface area contributed by atoms with E-state index in [4.69, 9.17) is 4.74 Å². The van der Waals surface area contributed by atoms with Crippen LogP contribution in [0.2, 0.25) is 0 Å². The third-order valence-corrected chi connectivity index (χ3v) is 6.92. The number of esters is 1. The number of hydrogen-bond donors (Lipinski definition) is 1. The lowest BCUT2D eigenvalue weighted by Crippen LogP contribution is -2.36. The molecule has 4 rings (SSSR count). The standard InChI is InChI=1S/C25H28N4O5/c1-3-17-20(30)10-18(22(17)15-6-4-8-26-12-15)24(32)28-14-34-25(33)19-11-21(31)29(2)23(19)16-7-5-9-27-13-16/h4-9,12-13,17-19,22-23H,3,10-11,14H2,1-2H3,(H,28,32). The summed E-state index contributed by atoms with van der Waals surface area (Å²) in [6.45, 7) is 1.61. The Bertz CT molecular complexity index is 1060. The van der Waals surface area contributed by atoms with Gasteiger partial charge in [0.2, 0.25) is 11.8 Å². The molecule has 0 aromatic carbocycles. The number of likely N-dealkylation sites (tertiary alicyclic amines) is 1. The Kier molecular flexibility index (Phi) is 7.00. The van der Waals surface area contributed by atoms with Gasteiger partial charge in [0.15, 0.2) is 6.73 Å². The highest BCUT2D eigenvalue weighted by Crippen LogP contribution is 2.43. The van der Waals surface area contributed by atoms with Gasteiger partial charge in [-0.25, -0.2) is 0 Å². The Balaban J connectivity index is 1.40. The molecule has 1 saturated heterocycles. The van der Waals surface area contributed by atoms with E-state index >= 15 is 0 Å². The number of nitrogens with one attached hydrogen (secondary N) is 1. The van der Waals surface area contributed by atoms with Gasteiger partial charge in [0.1, 0.15) is 5.78 Å². The quantitative estimate of drug-likeness (QED) is 0.492. The maximum atomic E-state index is 13.0. The van der Waals surface area contributed by atoms with Crippen LogP contribution in [0.15, 0.2) is 49.1 Å². The largest absolute Gasteiger partial charge is 0.444 e. The van der Waals surface area contributed by atoms with Crippen LogP contribution in [0.5, 0.6) is 0 Å². The first-order chi connectivity index (χ1) is 16.4. The SMILES string of the molecule is CCC1C(=O)CC(C(=O)NCOC(=O)C2CC(=O)N(C)C2c2cccnc2)C1c1cccnc1. The van der Waals surface area contributed by atoms with Gasteiger partial charge < -0.3 is 15.0 Å². The van der Waals surface area contributed by atoms with Gasteiger partial charge in [0.05, 0.1) is 17.9 Å². The summed E-state index contributed by atoms with van der Waals surface area (Å²) in [5.41, 5.74) is 1.60. The first-order valence-electron chi connectivity index (χ1n) is 11.4. The van der Waals surface area contributed by atoms with Gasteiger partial charge >= 0.3 is 5.97 Å². The van der Waals surface area contributed by atoms with Crippen molar-refractivity contribution in [3.8, 4) is 0 Å². The molecule has 2 amide bonds. The number of nitrogens with zero attached hydrogens (tertiary/aromatic N) is 3. The summed E-state index contributed by atoms with van der Waals surface area (Å²) >= 11 is 0. The molecule has 5 unspecified atom stereocenters. The molecule has 2 aromatic rings. The van der Waals surface area contributed by atoms with E-state index in [2.05, 4.69) is 15.3 Å². The molecule has 34 heavy (non-hydrogen) atoms. The van der Waals surface area contributed by atoms with Crippen molar-refractivity contribution in [2.24, 2.45) is 17.8 Å². The number of hydrogen-bond acceptors (Lipinski definition) is 7. The number of amides is 2. The van der Waals surface area contributed by atoms with Gasteiger partial charge in [-0.15, -0.1) is 0 Å². The molecule has 9 nitrogen and oxygen atoms in total. The fourth-order valence-electron chi connectivity index (χ4n) is 5.26. The van der Waals surface area contributed by atoms with E-state index in [9.17, 15) is 19.2 Å². The minimum absolute atomic E-state index is 0.0290. The van der Waals surface area contributed by atoms with Gasteiger partial charge in [0, 0.05) is 56.5 Å². The van der Waals surface area contributed by atoms with Crippen LogP contribution in [0, 0.1) is 17.8 Å². The van der Waals surface area contributed by atoms with Crippen LogP contribution in [0.3, 0.4) is 0 Å². The van der Waals surface area contributed by atoms with Crippen molar-refractivity contribution in [2.45, 2.75) is 38.1 Å². The summed E-state index contributed by atoms with van der Waals surface area (Å²) < 4.78 is 5.36. The van der Waals surface area contributed by atoms with Gasteiger partial charge in [-0.05, 0) is 29.7 Å². The normalized spacial score (nSPS) is 26.5. The second-order valence-corrected chi connectivity index (χ2v) is 8.80. The number of pyridine rings is 2. The van der Waals surface area contributed by atoms with Crippen molar-refractivity contribution >= 4 is 23.6 Å². The first-order valence-corrected chi connectivity index (χ1v) is 11.4. The Morgan fingerprint density at radius 3 is 2.35 bits per heavy atom. The van der Waals surface area contributed by atoms with Crippen molar-refractivity contribution in [3.63, 3.8) is 0 Å². The molecular formula is C25H28N4O5. The second kappa shape index (κ2) is 10.1. The Hall–Kier alpha value is -3.62. The van der Waals surface area contributed by atoms with E-state index in [0.29, 0.717) is 6.42 Å². The highest BCUT2D eigenvalue weighted by atomic mass is 16.5. The van der Waals surface area contributed by atoms with Crippen molar-refractivity contribution in [1.29, 1.82) is 0 Å². The molecule has 2 fully saturated rings. The van der Waals surface area contributed by atoms with E-state index in [1.165, 1.54) is 4.90 Å². The maximum Gasteiger partial charge on any atom is 0.313 e. The number of ether oxygens (including phenoxy) is 1. The zero-order valence-corrected chi connectivity index (χ0v) is 19.2. The van der Waals surface area contributed by atoms with E-state index in [0.717, 1.165) is 11.1 Å². The minimum atomic E-state index is -0.695. The van der Waals surface area contributed by atoms with Crippen LogP contribution in [0.1, 0.15) is 49.3 Å². The monoisotopic (exact) mass is 464 g/mol. The summed E-state index contributed by atoms with van der Waals surface area (Å²) in [5.74, 6) is -2.77. The van der Waals surface area contributed by atoms with Crippen molar-refractivity contribution < 1.29 is 23.9 Å². The molecule has 0 spiro atoms. The Morgan fingerprint density at radius 2 is 1.74 bits per heavy atom. The predicted molar refractivity (Wildman–Crippen MR) is 121 cm³/mol. The summed E-state index contributed by atoms with van der Waals surface area (Å²) in [6, 6.07) is 6.76. The molecule has 1 aliphatic heterocycles. The first kappa shape index (κ1) is 23.5. The van der Waals surface area contributed by atoms with Gasteiger partial charge in [-0.3, -0.25) is 29.1 Å². The van der Waals surface area contributed by atoms with E-state index in [-0.39, 0.29) is 49.0 Å². The molecule has 1 N–H and O–H groups in total. The molecule has 0 bridgehead atoms. The summed E-state index contributed by atoms with van der Waals surface area (Å²) in [6.07, 6.45) is 7.40. The zero-order valence-electron chi connectivity index (χ0n) is 19.2. The second-order valence-electron chi connectivity index (χ2n) is 8.80. The fraction of sp³-hybridized carbons (Fsp3) is 0.440. The average Bonchev–Trinajstić information content (AvgIpc) is 3.35. The average molecular weight is 465 g/mol. The van der Waals surface area contributed by atoms with E-state index in [1.807, 2.05) is 19.1 Å². The third-order valence-electron chi connectivity index (χ3n) is 6.92. The number of Topliss-reactive ketones (excluding diaryl/α,β-unsaturated/α-hetero) is 1. The smallest absolute Gasteiger partial charge is 0.313 e. The molecule has 9 heteroatoms. The highest BCUT2D eigenvalue weighted by Gasteiger charge is 2.46. The Labute approximate surface area is 197 Å². The van der Waals surface area contributed by atoms with Crippen LogP contribution in [0.4, 0.5) is 0 Å². The maximum absolute atomic E-state index is 13.0. The van der Waals surface area contributed by atoms with Gasteiger partial charge in [-0.2, -0.15) is 0 Å². The molecular weight excluding hydrogens is 436 g/mol. The molecule has 5 atom stereocenters. The number of rotatable bonds is 7. The van der Waals surface area contributed by atoms with Crippen molar-refractivity contribution in [1.82, 2.24) is 20.2 Å². The third kappa shape index (κ3) is 4.55. The van der Waals surface area contributed by atoms with Crippen LogP contribution >= 0.6 is 0 Å². The summed E-state index contributed by atoms with van der Waals surface area (Å²) in [7, 11) is 1.65. The molecule has 2 aromatic heterocycles.